The predicted octanol–water partition coefficient (Wildman–Crippen LogP) is 3.33. The fourth-order valence-electron chi connectivity index (χ4n) is 4.24. The third-order valence-corrected chi connectivity index (χ3v) is 7.60. The molecule has 33 heavy (non-hydrogen) atoms. The van der Waals surface area contributed by atoms with E-state index in [9.17, 15) is 19.6 Å². The first-order chi connectivity index (χ1) is 15.8. The van der Waals surface area contributed by atoms with E-state index in [-0.39, 0.29) is 28.3 Å². The first kappa shape index (κ1) is 25.1. The summed E-state index contributed by atoms with van der Waals surface area (Å²) in [4.78, 5) is 40.1. The van der Waals surface area contributed by atoms with Crippen molar-refractivity contribution < 1.29 is 23.9 Å². The van der Waals surface area contributed by atoms with Gasteiger partial charge in [0, 0.05) is 18.5 Å². The van der Waals surface area contributed by atoms with E-state index in [0.717, 1.165) is 31.0 Å². The number of benzene rings is 1. The van der Waals surface area contributed by atoms with Gasteiger partial charge in [0.05, 0.1) is 41.1 Å². The quantitative estimate of drug-likeness (QED) is 0.439. The van der Waals surface area contributed by atoms with Crippen LogP contribution in [0.5, 0.6) is 5.75 Å². The highest BCUT2D eigenvalue weighted by atomic mass is 79.9. The van der Waals surface area contributed by atoms with Crippen molar-refractivity contribution in [2.75, 3.05) is 26.5 Å². The fourth-order valence-corrected chi connectivity index (χ4v) is 5.73. The molecular formula is C23H26BrN3O5S. The van der Waals surface area contributed by atoms with Crippen molar-refractivity contribution in [3.05, 3.63) is 38.8 Å². The Labute approximate surface area is 205 Å². The third kappa shape index (κ3) is 5.36. The highest BCUT2D eigenvalue weighted by molar-refractivity contribution is 9.10. The second kappa shape index (κ2) is 11.1. The fraction of sp³-hybridized carbons (Fsp3) is 0.478. The number of halogens is 1. The molecule has 2 amide bonds. The zero-order valence-corrected chi connectivity index (χ0v) is 21.1. The molecule has 10 heteroatoms. The van der Waals surface area contributed by atoms with Crippen molar-refractivity contribution in [2.45, 2.75) is 38.1 Å². The molecule has 0 unspecified atom stereocenters. The molecule has 176 valence electrons. The minimum Gasteiger partial charge on any atom is -0.496 e. The predicted molar refractivity (Wildman–Crippen MR) is 127 cm³/mol. The average Bonchev–Trinajstić information content (AvgIpc) is 2.81. The number of carbonyl (C=O) groups excluding carboxylic acids is 3. The Morgan fingerprint density at radius 3 is 2.70 bits per heavy atom. The van der Waals surface area contributed by atoms with Gasteiger partial charge in [0.2, 0.25) is 11.8 Å². The molecule has 1 N–H and O–H groups in total. The lowest BCUT2D eigenvalue weighted by molar-refractivity contribution is -0.150. The summed E-state index contributed by atoms with van der Waals surface area (Å²) >= 11 is 4.54. The average molecular weight is 536 g/mol. The first-order valence-corrected chi connectivity index (χ1v) is 12.4. The van der Waals surface area contributed by atoms with Crippen LogP contribution < -0.4 is 10.1 Å². The summed E-state index contributed by atoms with van der Waals surface area (Å²) in [5.74, 6) is -2.76. The SMILES string of the molecule is COC(=O)[C@@H]1C(=O)NC(SCC(=O)N2CCCC[C@@H]2C)=C(C#N)[C@H]1c1ccc(OC)c(Br)c1. The summed E-state index contributed by atoms with van der Waals surface area (Å²) < 4.78 is 10.8. The molecule has 0 aliphatic carbocycles. The van der Waals surface area contributed by atoms with Gasteiger partial charge in [-0.05, 0) is 59.8 Å². The number of carbonyl (C=O) groups is 3. The van der Waals surface area contributed by atoms with Crippen LogP contribution in [-0.4, -0.2) is 55.2 Å². The molecule has 0 bridgehead atoms. The van der Waals surface area contributed by atoms with E-state index in [1.807, 2.05) is 11.8 Å². The summed E-state index contributed by atoms with van der Waals surface area (Å²) in [6.07, 6.45) is 3.04. The van der Waals surface area contributed by atoms with Crippen LogP contribution in [0, 0.1) is 17.2 Å². The number of nitrogens with zero attached hydrogens (tertiary/aromatic N) is 2. The minimum atomic E-state index is -1.23. The van der Waals surface area contributed by atoms with Gasteiger partial charge in [0.1, 0.15) is 11.7 Å². The van der Waals surface area contributed by atoms with Gasteiger partial charge >= 0.3 is 5.97 Å². The molecule has 3 atom stereocenters. The van der Waals surface area contributed by atoms with Gasteiger partial charge in [0.25, 0.3) is 0 Å². The van der Waals surface area contributed by atoms with Crippen molar-refractivity contribution in [1.29, 1.82) is 5.26 Å². The molecule has 0 spiro atoms. The van der Waals surface area contributed by atoms with Crippen LogP contribution >= 0.6 is 27.7 Å². The second-order valence-electron chi connectivity index (χ2n) is 7.94. The lowest BCUT2D eigenvalue weighted by Crippen LogP contribution is -2.45. The molecule has 2 aliphatic heterocycles. The van der Waals surface area contributed by atoms with Gasteiger partial charge in [-0.3, -0.25) is 14.4 Å². The molecule has 0 saturated carbocycles. The Hall–Kier alpha value is -2.51. The number of thioether (sulfide) groups is 1. The van der Waals surface area contributed by atoms with E-state index in [1.54, 1.807) is 18.2 Å². The van der Waals surface area contributed by atoms with E-state index in [1.165, 1.54) is 14.2 Å². The molecular weight excluding hydrogens is 510 g/mol. The van der Waals surface area contributed by atoms with Crippen LogP contribution in [0.15, 0.2) is 33.3 Å². The molecule has 1 aromatic rings. The highest BCUT2D eigenvalue weighted by Gasteiger charge is 2.44. The lowest BCUT2D eigenvalue weighted by Gasteiger charge is -2.34. The molecule has 0 aromatic heterocycles. The van der Waals surface area contributed by atoms with Gasteiger partial charge in [-0.2, -0.15) is 5.26 Å². The Kier molecular flexibility index (Phi) is 8.43. The second-order valence-corrected chi connectivity index (χ2v) is 9.78. The number of rotatable bonds is 6. The molecule has 8 nitrogen and oxygen atoms in total. The van der Waals surface area contributed by atoms with Crippen molar-refractivity contribution >= 4 is 45.5 Å². The van der Waals surface area contributed by atoms with Gasteiger partial charge in [-0.25, -0.2) is 0 Å². The Bertz CT molecular complexity index is 1020. The number of allylic oxidation sites excluding steroid dienone is 1. The van der Waals surface area contributed by atoms with Crippen molar-refractivity contribution in [3.8, 4) is 11.8 Å². The zero-order valence-electron chi connectivity index (χ0n) is 18.7. The molecule has 1 saturated heterocycles. The number of ether oxygens (including phenoxy) is 2. The topological polar surface area (TPSA) is 109 Å². The Balaban J connectivity index is 1.96. The standard InChI is InChI=1S/C23H26BrN3O5S/c1-13-6-4-5-9-27(13)18(28)12-33-22-15(11-25)19(20(21(29)26-22)23(30)32-3)14-7-8-17(31-2)16(24)10-14/h7-8,10,13,19-20H,4-6,9,12H2,1-3H3,(H,26,29)/t13-,19+,20-/m0/s1. The number of nitrogens with one attached hydrogen (secondary N) is 1. The number of hydrogen-bond acceptors (Lipinski definition) is 7. The van der Waals surface area contributed by atoms with Crippen LogP contribution in [0.1, 0.15) is 37.7 Å². The van der Waals surface area contributed by atoms with E-state index >= 15 is 0 Å². The Morgan fingerprint density at radius 2 is 2.09 bits per heavy atom. The largest absolute Gasteiger partial charge is 0.496 e. The normalized spacial score (nSPS) is 22.9. The minimum absolute atomic E-state index is 0.0370. The lowest BCUT2D eigenvalue weighted by atomic mass is 9.78. The maximum absolute atomic E-state index is 13.0. The van der Waals surface area contributed by atoms with Crippen LogP contribution in [0.3, 0.4) is 0 Å². The summed E-state index contributed by atoms with van der Waals surface area (Å²) in [5, 5.41) is 13.0. The van der Waals surface area contributed by atoms with Crippen LogP contribution in [0.25, 0.3) is 0 Å². The summed E-state index contributed by atoms with van der Waals surface area (Å²) in [7, 11) is 2.73. The number of methoxy groups -OCH3 is 2. The number of hydrogen-bond donors (Lipinski definition) is 1. The number of piperidine rings is 1. The van der Waals surface area contributed by atoms with Crippen LogP contribution in [-0.2, 0) is 19.1 Å². The van der Waals surface area contributed by atoms with E-state index in [0.29, 0.717) is 22.3 Å². The Morgan fingerprint density at radius 1 is 1.33 bits per heavy atom. The zero-order chi connectivity index (χ0) is 24.1. The van der Waals surface area contributed by atoms with Gasteiger partial charge in [-0.15, -0.1) is 0 Å². The molecule has 2 aliphatic rings. The molecule has 1 fully saturated rings. The smallest absolute Gasteiger partial charge is 0.319 e. The van der Waals surface area contributed by atoms with Crippen molar-refractivity contribution in [3.63, 3.8) is 0 Å². The van der Waals surface area contributed by atoms with Gasteiger partial charge in [0.15, 0.2) is 0 Å². The van der Waals surface area contributed by atoms with E-state index < -0.39 is 23.7 Å². The maximum Gasteiger partial charge on any atom is 0.319 e. The van der Waals surface area contributed by atoms with Crippen LogP contribution in [0.4, 0.5) is 0 Å². The maximum atomic E-state index is 13.0. The number of amides is 2. The summed E-state index contributed by atoms with van der Waals surface area (Å²) in [6, 6.07) is 7.46. The summed E-state index contributed by atoms with van der Waals surface area (Å²) in [6.45, 7) is 2.74. The van der Waals surface area contributed by atoms with Gasteiger partial charge in [-0.1, -0.05) is 17.8 Å². The third-order valence-electron chi connectivity index (χ3n) is 5.98. The van der Waals surface area contributed by atoms with Crippen LogP contribution in [0.2, 0.25) is 0 Å². The first-order valence-electron chi connectivity index (χ1n) is 10.6. The molecule has 0 radical (unpaired) electrons. The van der Waals surface area contributed by atoms with Crippen molar-refractivity contribution in [2.24, 2.45) is 5.92 Å². The molecule has 3 rings (SSSR count). The van der Waals surface area contributed by atoms with E-state index in [4.69, 9.17) is 9.47 Å². The summed E-state index contributed by atoms with van der Waals surface area (Å²) in [5.41, 5.74) is 0.796. The number of esters is 1. The molecule has 1 aromatic carbocycles. The number of likely N-dealkylation sites (tertiary alicyclic amines) is 1. The number of nitriles is 1. The van der Waals surface area contributed by atoms with E-state index in [2.05, 4.69) is 27.3 Å². The van der Waals surface area contributed by atoms with Gasteiger partial charge < -0.3 is 19.7 Å². The highest BCUT2D eigenvalue weighted by Crippen LogP contribution is 2.42. The monoisotopic (exact) mass is 535 g/mol. The van der Waals surface area contributed by atoms with Crippen molar-refractivity contribution in [1.82, 2.24) is 10.2 Å². The molecule has 2 heterocycles.